The summed E-state index contributed by atoms with van der Waals surface area (Å²) in [7, 11) is 0. The van der Waals surface area contributed by atoms with E-state index in [2.05, 4.69) is 5.32 Å². The summed E-state index contributed by atoms with van der Waals surface area (Å²) in [5.74, 6) is -0.394. The van der Waals surface area contributed by atoms with E-state index in [4.69, 9.17) is 0 Å². The van der Waals surface area contributed by atoms with E-state index < -0.39 is 11.6 Å². The molecule has 0 unspecified atom stereocenters. The lowest BCUT2D eigenvalue weighted by atomic mass is 9.89. The molecule has 0 aromatic heterocycles. The third-order valence-corrected chi connectivity index (χ3v) is 3.24. The quantitative estimate of drug-likeness (QED) is 0.821. The molecule has 2 rings (SSSR count). The molecule has 1 aliphatic rings. The number of nitrogens with one attached hydrogen (secondary N) is 1. The molecule has 0 saturated heterocycles. The Morgan fingerprint density at radius 1 is 1.12 bits per heavy atom. The first kappa shape index (κ1) is 11.4. The molecule has 0 bridgehead atoms. The highest BCUT2D eigenvalue weighted by Crippen LogP contribution is 2.24. The van der Waals surface area contributed by atoms with Gasteiger partial charge in [-0.2, -0.15) is 0 Å². The SMILES string of the molecule is Fc1ccc(NCC2CCCCC2)c(F)c1. The van der Waals surface area contributed by atoms with Crippen LogP contribution >= 0.6 is 0 Å². The van der Waals surface area contributed by atoms with Crippen LogP contribution in [0.5, 0.6) is 0 Å². The van der Waals surface area contributed by atoms with Crippen LogP contribution in [0.4, 0.5) is 14.5 Å². The molecule has 0 amide bonds. The molecule has 1 aromatic carbocycles. The Kier molecular flexibility index (Phi) is 3.75. The predicted molar refractivity (Wildman–Crippen MR) is 61.4 cm³/mol. The summed E-state index contributed by atoms with van der Waals surface area (Å²) >= 11 is 0. The van der Waals surface area contributed by atoms with Crippen LogP contribution in [0, 0.1) is 17.6 Å². The number of benzene rings is 1. The van der Waals surface area contributed by atoms with Crippen molar-refractivity contribution in [3.63, 3.8) is 0 Å². The minimum absolute atomic E-state index is 0.409. The number of hydrogen-bond acceptors (Lipinski definition) is 1. The highest BCUT2D eigenvalue weighted by Gasteiger charge is 2.13. The summed E-state index contributed by atoms with van der Waals surface area (Å²) in [5, 5.41) is 3.07. The van der Waals surface area contributed by atoms with Gasteiger partial charge >= 0.3 is 0 Å². The zero-order valence-corrected chi connectivity index (χ0v) is 9.31. The molecule has 0 aliphatic heterocycles. The van der Waals surface area contributed by atoms with Gasteiger partial charge in [0.1, 0.15) is 11.6 Å². The van der Waals surface area contributed by atoms with Crippen molar-refractivity contribution in [1.82, 2.24) is 0 Å². The van der Waals surface area contributed by atoms with Gasteiger partial charge in [-0.1, -0.05) is 19.3 Å². The third kappa shape index (κ3) is 2.94. The maximum absolute atomic E-state index is 13.3. The summed E-state index contributed by atoms with van der Waals surface area (Å²) in [5.41, 5.74) is 0.409. The summed E-state index contributed by atoms with van der Waals surface area (Å²) in [6.45, 7) is 0.794. The van der Waals surface area contributed by atoms with Crippen LogP contribution in [0.3, 0.4) is 0 Å². The highest BCUT2D eigenvalue weighted by atomic mass is 19.1. The highest BCUT2D eigenvalue weighted by molar-refractivity contribution is 5.44. The van der Waals surface area contributed by atoms with E-state index in [0.29, 0.717) is 11.6 Å². The second-order valence-electron chi connectivity index (χ2n) is 4.51. The maximum atomic E-state index is 13.3. The third-order valence-electron chi connectivity index (χ3n) is 3.24. The van der Waals surface area contributed by atoms with Crippen LogP contribution in [-0.2, 0) is 0 Å². The van der Waals surface area contributed by atoms with E-state index in [1.807, 2.05) is 0 Å². The Morgan fingerprint density at radius 3 is 2.56 bits per heavy atom. The van der Waals surface area contributed by atoms with Crippen LogP contribution in [0.2, 0.25) is 0 Å². The molecule has 1 saturated carbocycles. The molecule has 1 nitrogen and oxygen atoms in total. The lowest BCUT2D eigenvalue weighted by molar-refractivity contribution is 0.373. The van der Waals surface area contributed by atoms with Crippen molar-refractivity contribution in [2.24, 2.45) is 5.92 Å². The molecule has 1 fully saturated rings. The van der Waals surface area contributed by atoms with Gasteiger partial charge in [-0.3, -0.25) is 0 Å². The van der Waals surface area contributed by atoms with E-state index in [0.717, 1.165) is 12.6 Å². The smallest absolute Gasteiger partial charge is 0.149 e. The van der Waals surface area contributed by atoms with Gasteiger partial charge in [0, 0.05) is 12.6 Å². The molecule has 3 heteroatoms. The Bertz CT molecular complexity index is 346. The summed E-state index contributed by atoms with van der Waals surface area (Å²) < 4.78 is 26.0. The fourth-order valence-corrected chi connectivity index (χ4v) is 2.28. The second-order valence-corrected chi connectivity index (χ2v) is 4.51. The molecule has 1 N–H and O–H groups in total. The number of hydrogen-bond donors (Lipinski definition) is 1. The molecule has 0 radical (unpaired) electrons. The molecule has 0 heterocycles. The average molecular weight is 225 g/mol. The molecule has 16 heavy (non-hydrogen) atoms. The standard InChI is InChI=1S/C13H17F2N/c14-11-6-7-13(12(15)8-11)16-9-10-4-2-1-3-5-10/h6-8,10,16H,1-5,9H2. The van der Waals surface area contributed by atoms with Gasteiger partial charge in [-0.25, -0.2) is 8.78 Å². The Labute approximate surface area is 94.9 Å². The maximum Gasteiger partial charge on any atom is 0.149 e. The number of halogens is 2. The van der Waals surface area contributed by atoms with Crippen LogP contribution in [-0.4, -0.2) is 6.54 Å². The van der Waals surface area contributed by atoms with Gasteiger partial charge in [0.2, 0.25) is 0 Å². The van der Waals surface area contributed by atoms with Crippen molar-refractivity contribution in [3.8, 4) is 0 Å². The molecule has 0 atom stereocenters. The number of rotatable bonds is 3. The van der Waals surface area contributed by atoms with Gasteiger partial charge in [0.15, 0.2) is 0 Å². The zero-order chi connectivity index (χ0) is 11.4. The van der Waals surface area contributed by atoms with E-state index >= 15 is 0 Å². The van der Waals surface area contributed by atoms with Gasteiger partial charge in [0.05, 0.1) is 5.69 Å². The van der Waals surface area contributed by atoms with Crippen molar-refractivity contribution < 1.29 is 8.78 Å². The first-order valence-corrected chi connectivity index (χ1v) is 5.94. The summed E-state index contributed by atoms with van der Waals surface area (Å²) in [6, 6.07) is 3.67. The molecule has 1 aliphatic carbocycles. The minimum Gasteiger partial charge on any atom is -0.382 e. The van der Waals surface area contributed by atoms with Crippen LogP contribution < -0.4 is 5.32 Å². The van der Waals surface area contributed by atoms with Crippen LogP contribution in [0.25, 0.3) is 0 Å². The zero-order valence-electron chi connectivity index (χ0n) is 9.31. The normalized spacial score (nSPS) is 17.4. The first-order valence-electron chi connectivity index (χ1n) is 5.94. The van der Waals surface area contributed by atoms with Crippen molar-refractivity contribution in [2.75, 3.05) is 11.9 Å². The topological polar surface area (TPSA) is 12.0 Å². The van der Waals surface area contributed by atoms with Gasteiger partial charge in [-0.05, 0) is 30.9 Å². The average Bonchev–Trinajstić information content (AvgIpc) is 2.29. The summed E-state index contributed by atoms with van der Waals surface area (Å²) in [4.78, 5) is 0. The Morgan fingerprint density at radius 2 is 1.88 bits per heavy atom. The van der Waals surface area contributed by atoms with Crippen LogP contribution in [0.15, 0.2) is 18.2 Å². The predicted octanol–water partition coefficient (Wildman–Crippen LogP) is 3.96. The van der Waals surface area contributed by atoms with E-state index in [1.54, 1.807) is 0 Å². The van der Waals surface area contributed by atoms with Gasteiger partial charge in [0.25, 0.3) is 0 Å². The lowest BCUT2D eigenvalue weighted by Crippen LogP contribution is -2.17. The Hall–Kier alpha value is -1.12. The van der Waals surface area contributed by atoms with E-state index in [9.17, 15) is 8.78 Å². The van der Waals surface area contributed by atoms with E-state index in [-0.39, 0.29) is 0 Å². The molecule has 1 aromatic rings. The van der Waals surface area contributed by atoms with Gasteiger partial charge < -0.3 is 5.32 Å². The second kappa shape index (κ2) is 5.28. The van der Waals surface area contributed by atoms with Crippen molar-refractivity contribution in [2.45, 2.75) is 32.1 Å². The largest absolute Gasteiger partial charge is 0.382 e. The number of anilines is 1. The first-order chi connectivity index (χ1) is 7.75. The van der Waals surface area contributed by atoms with Crippen LogP contribution in [0.1, 0.15) is 32.1 Å². The van der Waals surface area contributed by atoms with E-state index in [1.165, 1.54) is 44.2 Å². The van der Waals surface area contributed by atoms with Crippen molar-refractivity contribution in [3.05, 3.63) is 29.8 Å². The molecule has 88 valence electrons. The van der Waals surface area contributed by atoms with Gasteiger partial charge in [-0.15, -0.1) is 0 Å². The van der Waals surface area contributed by atoms with Crippen molar-refractivity contribution in [1.29, 1.82) is 0 Å². The monoisotopic (exact) mass is 225 g/mol. The summed E-state index contributed by atoms with van der Waals surface area (Å²) in [6.07, 6.45) is 6.31. The molecular formula is C13H17F2N. The fraction of sp³-hybridized carbons (Fsp3) is 0.538. The molecular weight excluding hydrogens is 208 g/mol. The fourth-order valence-electron chi connectivity index (χ4n) is 2.28. The molecule has 0 spiro atoms. The Balaban J connectivity index is 1.88. The van der Waals surface area contributed by atoms with Crippen molar-refractivity contribution >= 4 is 5.69 Å². The lowest BCUT2D eigenvalue weighted by Gasteiger charge is -2.22. The minimum atomic E-state index is -0.527.